The molecule has 1 aromatic carbocycles. The fourth-order valence-corrected chi connectivity index (χ4v) is 3.03. The lowest BCUT2D eigenvalue weighted by molar-refractivity contribution is -0.118. The molecule has 1 aromatic rings. The van der Waals surface area contributed by atoms with E-state index in [2.05, 4.69) is 5.32 Å². The summed E-state index contributed by atoms with van der Waals surface area (Å²) >= 11 is 6.00. The number of carbonyl (C=O) groups is 1. The van der Waals surface area contributed by atoms with Crippen molar-refractivity contribution in [2.24, 2.45) is 0 Å². The largest absolute Gasteiger partial charge is 0.379 e. The minimum atomic E-state index is -1.25. The molecule has 0 bridgehead atoms. The van der Waals surface area contributed by atoms with Gasteiger partial charge in [0.2, 0.25) is 5.91 Å². The number of nitrogens with one attached hydrogen (secondary N) is 1. The van der Waals surface area contributed by atoms with Crippen LogP contribution in [0, 0.1) is 0 Å². The first-order valence-electron chi connectivity index (χ1n) is 6.95. The van der Waals surface area contributed by atoms with Crippen LogP contribution in [0.1, 0.15) is 25.8 Å². The number of amides is 1. The van der Waals surface area contributed by atoms with Crippen LogP contribution >= 0.6 is 11.6 Å². The minimum Gasteiger partial charge on any atom is -0.379 e. The number of hydrogen-bond donors (Lipinski definition) is 1. The summed E-state index contributed by atoms with van der Waals surface area (Å²) in [7, 11) is -1.25. The van der Waals surface area contributed by atoms with Crippen molar-refractivity contribution in [2.45, 2.75) is 32.1 Å². The van der Waals surface area contributed by atoms with Gasteiger partial charge in [0.25, 0.3) is 0 Å². The maximum atomic E-state index is 11.9. The first-order valence-corrected chi connectivity index (χ1v) is 8.82. The second-order valence-electron chi connectivity index (χ2n) is 4.94. The smallest absolute Gasteiger partial charge is 0.232 e. The second kappa shape index (κ2) is 9.92. The Labute approximate surface area is 133 Å². The summed E-state index contributed by atoms with van der Waals surface area (Å²) in [5, 5.41) is 3.32. The molecule has 1 unspecified atom stereocenters. The zero-order valence-corrected chi connectivity index (χ0v) is 14.0. The number of carbonyl (C=O) groups excluding carboxylic acids is 1. The molecule has 1 atom stereocenters. The second-order valence-corrected chi connectivity index (χ2v) is 6.81. The van der Waals surface area contributed by atoms with Gasteiger partial charge in [-0.2, -0.15) is 0 Å². The van der Waals surface area contributed by atoms with Gasteiger partial charge in [0.15, 0.2) is 0 Å². The number of hydrogen-bond acceptors (Lipinski definition) is 3. The van der Waals surface area contributed by atoms with Crippen LogP contribution < -0.4 is 5.32 Å². The molecule has 0 spiro atoms. The van der Waals surface area contributed by atoms with Crippen LogP contribution in [-0.2, 0) is 26.1 Å². The lowest BCUT2D eigenvalue weighted by Crippen LogP contribution is -2.30. The third-order valence-corrected chi connectivity index (χ3v) is 4.25. The van der Waals surface area contributed by atoms with Gasteiger partial charge in [-0.25, -0.2) is 0 Å². The third-order valence-electron chi connectivity index (χ3n) is 2.66. The summed E-state index contributed by atoms with van der Waals surface area (Å²) in [6.45, 7) is 5.09. The fourth-order valence-electron chi connectivity index (χ4n) is 1.66. The fraction of sp³-hybridized carbons (Fsp3) is 0.533. The van der Waals surface area contributed by atoms with Gasteiger partial charge < -0.3 is 10.1 Å². The molecule has 0 aromatic heterocycles. The normalized spacial score (nSPS) is 12.4. The molecule has 21 heavy (non-hydrogen) atoms. The summed E-state index contributed by atoms with van der Waals surface area (Å²) < 4.78 is 17.3. The Morgan fingerprint density at radius 1 is 1.38 bits per heavy atom. The average molecular weight is 332 g/mol. The highest BCUT2D eigenvalue weighted by Gasteiger charge is 2.10. The van der Waals surface area contributed by atoms with Crippen molar-refractivity contribution < 1.29 is 13.7 Å². The van der Waals surface area contributed by atoms with Crippen molar-refractivity contribution in [1.29, 1.82) is 0 Å². The Balaban J connectivity index is 2.22. The summed E-state index contributed by atoms with van der Waals surface area (Å²) in [6, 6.07) is 7.23. The Hall–Kier alpha value is -0.910. The van der Waals surface area contributed by atoms with E-state index in [1.165, 1.54) is 0 Å². The predicted octanol–water partition coefficient (Wildman–Crippen LogP) is 2.52. The molecule has 1 N–H and O–H groups in total. The molecule has 6 heteroatoms. The molecule has 1 amide bonds. The van der Waals surface area contributed by atoms with E-state index in [9.17, 15) is 9.00 Å². The van der Waals surface area contributed by atoms with Gasteiger partial charge in [0.05, 0.1) is 11.9 Å². The molecular weight excluding hydrogens is 310 g/mol. The molecule has 0 saturated heterocycles. The molecular formula is C15H22ClNO3S. The highest BCUT2D eigenvalue weighted by Crippen LogP contribution is 2.16. The van der Waals surface area contributed by atoms with E-state index in [1.807, 2.05) is 32.0 Å². The number of benzene rings is 1. The van der Waals surface area contributed by atoms with Crippen molar-refractivity contribution in [2.75, 3.05) is 18.9 Å². The van der Waals surface area contributed by atoms with Gasteiger partial charge in [-0.3, -0.25) is 9.00 Å². The summed E-state index contributed by atoms with van der Waals surface area (Å²) in [5.41, 5.74) is 0.802. The van der Waals surface area contributed by atoms with Crippen LogP contribution in [0.4, 0.5) is 0 Å². The van der Waals surface area contributed by atoms with Crippen molar-refractivity contribution >= 4 is 28.3 Å². The Kier molecular flexibility index (Phi) is 8.57. The highest BCUT2D eigenvalue weighted by atomic mass is 35.5. The molecule has 0 heterocycles. The number of halogens is 1. The molecule has 0 aliphatic rings. The molecule has 118 valence electrons. The molecule has 0 fully saturated rings. The Bertz CT molecular complexity index is 480. The number of rotatable bonds is 9. The van der Waals surface area contributed by atoms with Gasteiger partial charge in [0, 0.05) is 29.0 Å². The molecule has 4 nitrogen and oxygen atoms in total. The van der Waals surface area contributed by atoms with Crippen LogP contribution in [0.25, 0.3) is 0 Å². The topological polar surface area (TPSA) is 55.4 Å². The molecule has 0 saturated carbocycles. The van der Waals surface area contributed by atoms with Crippen LogP contribution in [0.3, 0.4) is 0 Å². The maximum absolute atomic E-state index is 11.9. The third kappa shape index (κ3) is 8.19. The zero-order valence-electron chi connectivity index (χ0n) is 12.4. The molecule has 0 aliphatic heterocycles. The van der Waals surface area contributed by atoms with E-state index in [0.717, 1.165) is 12.0 Å². The minimum absolute atomic E-state index is 0.00371. The van der Waals surface area contributed by atoms with Gasteiger partial charge >= 0.3 is 0 Å². The predicted molar refractivity (Wildman–Crippen MR) is 86.9 cm³/mol. The molecule has 1 rings (SSSR count). The SMILES string of the molecule is CC(C)OCCCNC(=O)CS(=O)Cc1ccccc1Cl. The monoisotopic (exact) mass is 331 g/mol. The van der Waals surface area contributed by atoms with E-state index < -0.39 is 10.8 Å². The quantitative estimate of drug-likeness (QED) is 0.707. The lowest BCUT2D eigenvalue weighted by Gasteiger charge is -2.08. The van der Waals surface area contributed by atoms with Crippen molar-refractivity contribution in [3.05, 3.63) is 34.9 Å². The van der Waals surface area contributed by atoms with E-state index in [0.29, 0.717) is 23.9 Å². The molecule has 0 aliphatic carbocycles. The number of ether oxygens (including phenoxy) is 1. The lowest BCUT2D eigenvalue weighted by atomic mass is 10.2. The standard InChI is InChI=1S/C15H22ClNO3S/c1-12(2)20-9-5-8-17-15(18)11-21(19)10-13-6-3-4-7-14(13)16/h3-4,6-7,12H,5,8-11H2,1-2H3,(H,17,18). The molecule has 0 radical (unpaired) electrons. The summed E-state index contributed by atoms with van der Waals surface area (Å²) in [6.07, 6.45) is 0.949. The zero-order chi connectivity index (χ0) is 15.7. The first-order chi connectivity index (χ1) is 9.99. The van der Waals surface area contributed by atoms with Crippen molar-refractivity contribution in [3.8, 4) is 0 Å². The van der Waals surface area contributed by atoms with E-state index >= 15 is 0 Å². The van der Waals surface area contributed by atoms with E-state index in [-0.39, 0.29) is 17.8 Å². The van der Waals surface area contributed by atoms with Crippen molar-refractivity contribution in [1.82, 2.24) is 5.32 Å². The van der Waals surface area contributed by atoms with Crippen LogP contribution in [0.2, 0.25) is 5.02 Å². The van der Waals surface area contributed by atoms with Gasteiger partial charge in [0.1, 0.15) is 5.75 Å². The van der Waals surface area contributed by atoms with Gasteiger partial charge in [-0.15, -0.1) is 0 Å². The average Bonchev–Trinajstić information content (AvgIpc) is 2.40. The van der Waals surface area contributed by atoms with Crippen molar-refractivity contribution in [3.63, 3.8) is 0 Å². The summed E-state index contributed by atoms with van der Waals surface area (Å²) in [5.74, 6) is 0.0877. The Morgan fingerprint density at radius 3 is 2.76 bits per heavy atom. The van der Waals surface area contributed by atoms with Crippen LogP contribution in [-0.4, -0.2) is 35.1 Å². The highest BCUT2D eigenvalue weighted by molar-refractivity contribution is 7.84. The first kappa shape index (κ1) is 18.1. The van der Waals surface area contributed by atoms with Gasteiger partial charge in [-0.1, -0.05) is 29.8 Å². The van der Waals surface area contributed by atoms with Crippen LogP contribution in [0.5, 0.6) is 0 Å². The summed E-state index contributed by atoms with van der Waals surface area (Å²) in [4.78, 5) is 11.6. The van der Waals surface area contributed by atoms with Gasteiger partial charge in [-0.05, 0) is 31.9 Å². The maximum Gasteiger partial charge on any atom is 0.232 e. The Morgan fingerprint density at radius 2 is 2.10 bits per heavy atom. The van der Waals surface area contributed by atoms with Crippen LogP contribution in [0.15, 0.2) is 24.3 Å². The van der Waals surface area contributed by atoms with E-state index in [4.69, 9.17) is 16.3 Å². The van der Waals surface area contributed by atoms with E-state index in [1.54, 1.807) is 6.07 Å².